The van der Waals surface area contributed by atoms with Crippen molar-refractivity contribution in [3.8, 4) is 0 Å². The monoisotopic (exact) mass is 502 g/mol. The molecule has 0 bridgehead atoms. The minimum atomic E-state index is -0.381. The molecule has 28 heavy (non-hydrogen) atoms. The van der Waals surface area contributed by atoms with Crippen LogP contribution in [0.5, 0.6) is 0 Å². The maximum absolute atomic E-state index is 10.8. The fourth-order valence-corrected chi connectivity index (χ4v) is 3.77. The molecule has 1 saturated carbocycles. The van der Waals surface area contributed by atoms with Crippen molar-refractivity contribution in [1.29, 1.82) is 0 Å². The predicted molar refractivity (Wildman–Crippen MR) is 121 cm³/mol. The Morgan fingerprint density at radius 1 is 1.21 bits per heavy atom. The van der Waals surface area contributed by atoms with Crippen molar-refractivity contribution in [2.24, 2.45) is 4.99 Å². The van der Waals surface area contributed by atoms with Crippen molar-refractivity contribution in [3.05, 3.63) is 39.9 Å². The summed E-state index contributed by atoms with van der Waals surface area (Å²) in [7, 11) is 0. The number of nitrogens with zero attached hydrogens (tertiary/aromatic N) is 2. The second kappa shape index (κ2) is 11.5. The van der Waals surface area contributed by atoms with E-state index < -0.39 is 0 Å². The van der Waals surface area contributed by atoms with Gasteiger partial charge in [0.1, 0.15) is 0 Å². The molecule has 1 heterocycles. The van der Waals surface area contributed by atoms with E-state index in [2.05, 4.69) is 17.6 Å². The van der Waals surface area contributed by atoms with Crippen LogP contribution in [-0.4, -0.2) is 35.7 Å². The van der Waals surface area contributed by atoms with Gasteiger partial charge in [-0.25, -0.2) is 4.99 Å². The van der Waals surface area contributed by atoms with Gasteiger partial charge in [0, 0.05) is 24.8 Å². The molecule has 1 aliphatic heterocycles. The fraction of sp³-hybridized carbons (Fsp3) is 0.650. The summed E-state index contributed by atoms with van der Waals surface area (Å²) in [5.74, 6) is 0.809. The second-order valence-corrected chi connectivity index (χ2v) is 7.55. The first kappa shape index (κ1) is 22.9. The minimum absolute atomic E-state index is 0. The molecular formula is C20H31IN4O3. The van der Waals surface area contributed by atoms with Gasteiger partial charge < -0.3 is 15.4 Å². The van der Waals surface area contributed by atoms with Gasteiger partial charge in [0.05, 0.1) is 23.6 Å². The number of non-ortho nitro benzene ring substituents is 1. The van der Waals surface area contributed by atoms with Crippen LogP contribution in [0.1, 0.15) is 57.4 Å². The largest absolute Gasteiger partial charge is 0.376 e. The van der Waals surface area contributed by atoms with Crippen molar-refractivity contribution in [1.82, 2.24) is 10.6 Å². The van der Waals surface area contributed by atoms with Crippen LogP contribution in [0.25, 0.3) is 0 Å². The first-order chi connectivity index (χ1) is 13.1. The highest BCUT2D eigenvalue weighted by Gasteiger charge is 2.24. The van der Waals surface area contributed by atoms with Crippen LogP contribution in [0.15, 0.2) is 29.3 Å². The molecule has 2 aliphatic rings. The molecule has 1 aromatic carbocycles. The Hall–Kier alpha value is -1.42. The van der Waals surface area contributed by atoms with Gasteiger partial charge in [-0.05, 0) is 38.2 Å². The quantitative estimate of drug-likeness (QED) is 0.201. The van der Waals surface area contributed by atoms with E-state index in [-0.39, 0.29) is 46.7 Å². The van der Waals surface area contributed by atoms with E-state index in [0.717, 1.165) is 31.0 Å². The number of rotatable bonds is 6. The molecule has 2 N–H and O–H groups in total. The lowest BCUT2D eigenvalue weighted by Crippen LogP contribution is -2.50. The Bertz CT molecular complexity index is 641. The van der Waals surface area contributed by atoms with E-state index in [1.807, 2.05) is 0 Å². The molecule has 2 atom stereocenters. The van der Waals surface area contributed by atoms with Gasteiger partial charge in [0.2, 0.25) is 0 Å². The normalized spacial score (nSPS) is 21.6. The number of hydrogen-bond acceptors (Lipinski definition) is 4. The Labute approximate surface area is 183 Å². The lowest BCUT2D eigenvalue weighted by atomic mass is 9.96. The number of nitrogens with one attached hydrogen (secondary N) is 2. The maximum atomic E-state index is 10.8. The third-order valence-corrected chi connectivity index (χ3v) is 5.40. The van der Waals surface area contributed by atoms with E-state index in [0.29, 0.717) is 12.6 Å². The molecule has 0 amide bonds. The average molecular weight is 502 g/mol. The topological polar surface area (TPSA) is 88.8 Å². The molecule has 2 unspecified atom stereocenters. The molecule has 1 aliphatic carbocycles. The van der Waals surface area contributed by atoms with Gasteiger partial charge in [0.25, 0.3) is 5.69 Å². The molecule has 8 heteroatoms. The van der Waals surface area contributed by atoms with Crippen molar-refractivity contribution >= 4 is 35.6 Å². The van der Waals surface area contributed by atoms with Crippen LogP contribution in [0.2, 0.25) is 0 Å². The van der Waals surface area contributed by atoms with E-state index in [1.54, 1.807) is 12.1 Å². The number of halogens is 1. The van der Waals surface area contributed by atoms with Crippen molar-refractivity contribution in [2.45, 2.75) is 76.6 Å². The zero-order valence-electron chi connectivity index (χ0n) is 16.4. The molecule has 7 nitrogen and oxygen atoms in total. The number of guanidine groups is 1. The van der Waals surface area contributed by atoms with Crippen molar-refractivity contribution in [2.75, 3.05) is 6.61 Å². The Morgan fingerprint density at radius 3 is 2.54 bits per heavy atom. The van der Waals surface area contributed by atoms with Crippen LogP contribution >= 0.6 is 24.0 Å². The van der Waals surface area contributed by atoms with Gasteiger partial charge in [-0.3, -0.25) is 10.1 Å². The first-order valence-corrected chi connectivity index (χ1v) is 10.0. The minimum Gasteiger partial charge on any atom is -0.376 e. The smallest absolute Gasteiger partial charge is 0.269 e. The van der Waals surface area contributed by atoms with Crippen LogP contribution < -0.4 is 10.6 Å². The van der Waals surface area contributed by atoms with Gasteiger partial charge in [-0.2, -0.15) is 0 Å². The Kier molecular flexibility index (Phi) is 9.43. The first-order valence-electron chi connectivity index (χ1n) is 10.0. The van der Waals surface area contributed by atoms with Gasteiger partial charge >= 0.3 is 0 Å². The summed E-state index contributed by atoms with van der Waals surface area (Å²) in [6.07, 6.45) is 8.59. The molecule has 3 rings (SSSR count). The van der Waals surface area contributed by atoms with Crippen molar-refractivity contribution < 1.29 is 9.66 Å². The molecule has 2 fully saturated rings. The molecule has 0 aromatic heterocycles. The summed E-state index contributed by atoms with van der Waals surface area (Å²) in [5, 5.41) is 17.9. The van der Waals surface area contributed by atoms with Gasteiger partial charge in [-0.15, -0.1) is 24.0 Å². The molecule has 156 valence electrons. The number of nitro benzene ring substituents is 1. The highest BCUT2D eigenvalue weighted by atomic mass is 127. The summed E-state index contributed by atoms with van der Waals surface area (Å²) in [6, 6.07) is 7.24. The zero-order chi connectivity index (χ0) is 19.1. The highest BCUT2D eigenvalue weighted by molar-refractivity contribution is 14.0. The fourth-order valence-electron chi connectivity index (χ4n) is 3.77. The average Bonchev–Trinajstić information content (AvgIpc) is 3.22. The Balaban J connectivity index is 0.00000280. The standard InChI is InChI=1S/C20H30N4O3.HI/c1-15(19-8-5-13-27-19)22-20(23-17-6-3-2-4-7-17)21-14-16-9-11-18(12-10-16)24(25)26;/h9-12,15,17,19H,2-8,13-14H2,1H3,(H2,21,22,23);1H. The highest BCUT2D eigenvalue weighted by Crippen LogP contribution is 2.18. The number of benzene rings is 1. The third kappa shape index (κ3) is 6.88. The summed E-state index contributed by atoms with van der Waals surface area (Å²) in [4.78, 5) is 15.2. The maximum Gasteiger partial charge on any atom is 0.269 e. The third-order valence-electron chi connectivity index (χ3n) is 5.40. The zero-order valence-corrected chi connectivity index (χ0v) is 18.8. The number of hydrogen-bond donors (Lipinski definition) is 2. The van der Waals surface area contributed by atoms with Gasteiger partial charge in [-0.1, -0.05) is 31.4 Å². The van der Waals surface area contributed by atoms with Crippen LogP contribution in [0, 0.1) is 10.1 Å². The Morgan fingerprint density at radius 2 is 1.93 bits per heavy atom. The summed E-state index contributed by atoms with van der Waals surface area (Å²) >= 11 is 0. The summed E-state index contributed by atoms with van der Waals surface area (Å²) in [6.45, 7) is 3.46. The van der Waals surface area contributed by atoms with Crippen LogP contribution in [0.4, 0.5) is 5.69 Å². The molecular weight excluding hydrogens is 471 g/mol. The van der Waals surface area contributed by atoms with Gasteiger partial charge in [0.15, 0.2) is 5.96 Å². The number of nitro groups is 1. The molecule has 0 radical (unpaired) electrons. The molecule has 1 saturated heterocycles. The lowest BCUT2D eigenvalue weighted by molar-refractivity contribution is -0.384. The van der Waals surface area contributed by atoms with E-state index in [9.17, 15) is 10.1 Å². The number of aliphatic imine (C=N–C) groups is 1. The predicted octanol–water partition coefficient (Wildman–Crippen LogP) is 4.15. The van der Waals surface area contributed by atoms with Crippen molar-refractivity contribution in [3.63, 3.8) is 0 Å². The molecule has 0 spiro atoms. The summed E-state index contributed by atoms with van der Waals surface area (Å²) in [5.41, 5.74) is 1.06. The van der Waals surface area contributed by atoms with Crippen LogP contribution in [-0.2, 0) is 11.3 Å². The second-order valence-electron chi connectivity index (χ2n) is 7.55. The summed E-state index contributed by atoms with van der Waals surface area (Å²) < 4.78 is 5.79. The SMILES string of the molecule is CC(NC(=NCc1ccc([N+](=O)[O-])cc1)NC1CCCCC1)C1CCCO1.I. The lowest BCUT2D eigenvalue weighted by Gasteiger charge is -2.28. The van der Waals surface area contributed by atoms with E-state index >= 15 is 0 Å². The van der Waals surface area contributed by atoms with Crippen LogP contribution in [0.3, 0.4) is 0 Å². The van der Waals surface area contributed by atoms with E-state index in [4.69, 9.17) is 9.73 Å². The van der Waals surface area contributed by atoms with E-state index in [1.165, 1.54) is 44.2 Å². The number of ether oxygens (including phenoxy) is 1. The molecule has 1 aromatic rings.